The van der Waals surface area contributed by atoms with Gasteiger partial charge in [0.05, 0.1) is 0 Å². The van der Waals surface area contributed by atoms with Crippen molar-refractivity contribution in [3.63, 3.8) is 0 Å². The van der Waals surface area contributed by atoms with Gasteiger partial charge in [-0.2, -0.15) is 0 Å². The van der Waals surface area contributed by atoms with Crippen molar-refractivity contribution >= 4 is 13.3 Å². The summed E-state index contributed by atoms with van der Waals surface area (Å²) in [7, 11) is 1.59. The maximum Gasteiger partial charge on any atom is 0.207 e. The Balaban J connectivity index is 3.25. The molecule has 3 nitrogen and oxygen atoms in total. The SMILES string of the molecule is Bc1c(O)ccnc1O. The molecule has 0 aliphatic carbocycles. The summed E-state index contributed by atoms with van der Waals surface area (Å²) in [5.74, 6) is -0.0440. The van der Waals surface area contributed by atoms with Crippen molar-refractivity contribution in [2.24, 2.45) is 0 Å². The van der Waals surface area contributed by atoms with E-state index in [4.69, 9.17) is 10.2 Å². The Morgan fingerprint density at radius 2 is 2.11 bits per heavy atom. The van der Waals surface area contributed by atoms with Gasteiger partial charge in [0.2, 0.25) is 5.88 Å². The van der Waals surface area contributed by atoms with Gasteiger partial charge in [-0.05, 0) is 6.07 Å². The van der Waals surface area contributed by atoms with E-state index < -0.39 is 0 Å². The van der Waals surface area contributed by atoms with Gasteiger partial charge in [0.15, 0.2) is 7.85 Å². The van der Waals surface area contributed by atoms with Crippen molar-refractivity contribution in [3.8, 4) is 11.6 Å². The van der Waals surface area contributed by atoms with Crippen molar-refractivity contribution in [3.05, 3.63) is 12.3 Å². The zero-order valence-corrected chi connectivity index (χ0v) is 5.00. The molecule has 1 heterocycles. The van der Waals surface area contributed by atoms with E-state index in [1.807, 2.05) is 0 Å². The van der Waals surface area contributed by atoms with Crippen molar-refractivity contribution < 1.29 is 10.2 Å². The van der Waals surface area contributed by atoms with Crippen LogP contribution in [-0.4, -0.2) is 23.0 Å². The van der Waals surface area contributed by atoms with Crippen LogP contribution >= 0.6 is 0 Å². The van der Waals surface area contributed by atoms with Crippen LogP contribution in [0.4, 0.5) is 0 Å². The van der Waals surface area contributed by atoms with Crippen LogP contribution in [-0.2, 0) is 0 Å². The second kappa shape index (κ2) is 1.97. The fraction of sp³-hybridized carbons (Fsp3) is 0. The zero-order chi connectivity index (χ0) is 6.85. The quantitative estimate of drug-likeness (QED) is 0.424. The first kappa shape index (κ1) is 5.94. The predicted octanol–water partition coefficient (Wildman–Crippen LogP) is -1.25. The number of pyridine rings is 1. The van der Waals surface area contributed by atoms with Gasteiger partial charge in [0.25, 0.3) is 0 Å². The Hall–Kier alpha value is -1.19. The summed E-state index contributed by atoms with van der Waals surface area (Å²) in [4.78, 5) is 3.54. The Labute approximate surface area is 53.4 Å². The number of hydrogen-bond acceptors (Lipinski definition) is 3. The fourth-order valence-corrected chi connectivity index (χ4v) is 0.515. The van der Waals surface area contributed by atoms with E-state index >= 15 is 0 Å². The molecule has 1 aromatic heterocycles. The lowest BCUT2D eigenvalue weighted by Gasteiger charge is -1.97. The summed E-state index contributed by atoms with van der Waals surface area (Å²) in [6.45, 7) is 0. The lowest BCUT2D eigenvalue weighted by atomic mass is 9.97. The smallest absolute Gasteiger partial charge is 0.207 e. The molecule has 0 saturated heterocycles. The number of hydrogen-bond donors (Lipinski definition) is 2. The lowest BCUT2D eigenvalue weighted by molar-refractivity contribution is 0.443. The minimum absolute atomic E-state index is 0.0718. The average molecular weight is 123 g/mol. The van der Waals surface area contributed by atoms with Crippen LogP contribution in [0.15, 0.2) is 12.3 Å². The van der Waals surface area contributed by atoms with Gasteiger partial charge in [-0.15, -0.1) is 0 Å². The number of aromatic nitrogens is 1. The first-order valence-electron chi connectivity index (χ1n) is 2.55. The predicted molar refractivity (Wildman–Crippen MR) is 35.7 cm³/mol. The third-order valence-electron chi connectivity index (χ3n) is 1.15. The normalized spacial score (nSPS) is 9.33. The molecule has 0 amide bonds. The van der Waals surface area contributed by atoms with Gasteiger partial charge in [0.1, 0.15) is 5.75 Å². The molecule has 46 valence electrons. The van der Waals surface area contributed by atoms with E-state index in [1.54, 1.807) is 7.85 Å². The number of rotatable bonds is 0. The van der Waals surface area contributed by atoms with Gasteiger partial charge < -0.3 is 10.2 Å². The van der Waals surface area contributed by atoms with Gasteiger partial charge in [-0.25, -0.2) is 4.98 Å². The molecule has 0 spiro atoms. The summed E-state index contributed by atoms with van der Waals surface area (Å²) in [6, 6.07) is 1.43. The van der Waals surface area contributed by atoms with Crippen LogP contribution in [0.25, 0.3) is 0 Å². The highest BCUT2D eigenvalue weighted by molar-refractivity contribution is 6.35. The summed E-state index contributed by atoms with van der Waals surface area (Å²) in [5.41, 5.74) is 0.414. The van der Waals surface area contributed by atoms with Crippen LogP contribution in [0.5, 0.6) is 11.6 Å². The monoisotopic (exact) mass is 123 g/mol. The minimum Gasteiger partial charge on any atom is -0.508 e. The maximum absolute atomic E-state index is 8.90. The summed E-state index contributed by atoms with van der Waals surface area (Å²) >= 11 is 0. The third kappa shape index (κ3) is 0.962. The van der Waals surface area contributed by atoms with Gasteiger partial charge in [-0.1, -0.05) is 0 Å². The topological polar surface area (TPSA) is 53.4 Å². The van der Waals surface area contributed by atoms with Crippen molar-refractivity contribution in [1.82, 2.24) is 4.98 Å². The molecule has 1 rings (SSSR count). The van der Waals surface area contributed by atoms with Crippen molar-refractivity contribution in [2.45, 2.75) is 0 Å². The Bertz CT molecular complexity index is 206. The fourth-order valence-electron chi connectivity index (χ4n) is 0.515. The van der Waals surface area contributed by atoms with E-state index in [-0.39, 0.29) is 11.6 Å². The first-order chi connectivity index (χ1) is 4.22. The number of nitrogens with zero attached hydrogens (tertiary/aromatic N) is 1. The molecule has 0 unspecified atom stereocenters. The molecule has 0 fully saturated rings. The summed E-state index contributed by atoms with van der Waals surface area (Å²) in [6.07, 6.45) is 1.34. The largest absolute Gasteiger partial charge is 0.508 e. The molecule has 0 aliphatic rings. The molecule has 0 radical (unpaired) electrons. The van der Waals surface area contributed by atoms with E-state index in [0.29, 0.717) is 5.46 Å². The standard InChI is InChI=1S/C5H6BNO2/c6-4-3(8)1-2-7-5(4)9/h1-2H,6H2,(H2,7,8,9). The summed E-state index contributed by atoms with van der Waals surface area (Å²) in [5, 5.41) is 17.7. The Morgan fingerprint density at radius 1 is 1.44 bits per heavy atom. The first-order valence-corrected chi connectivity index (χ1v) is 2.55. The lowest BCUT2D eigenvalue weighted by Crippen LogP contribution is -2.04. The number of aromatic hydroxyl groups is 2. The van der Waals surface area contributed by atoms with E-state index in [0.717, 1.165) is 0 Å². The molecular weight excluding hydrogens is 117 g/mol. The average Bonchev–Trinajstić information content (AvgIpc) is 1.83. The maximum atomic E-state index is 8.90. The van der Waals surface area contributed by atoms with Gasteiger partial charge in [0, 0.05) is 11.7 Å². The molecular formula is C5H6BNO2. The van der Waals surface area contributed by atoms with Crippen molar-refractivity contribution in [2.75, 3.05) is 0 Å². The third-order valence-corrected chi connectivity index (χ3v) is 1.15. The van der Waals surface area contributed by atoms with E-state index in [2.05, 4.69) is 4.98 Å². The second-order valence-corrected chi connectivity index (χ2v) is 1.78. The van der Waals surface area contributed by atoms with Crippen LogP contribution in [0, 0.1) is 0 Å². The molecule has 0 bridgehead atoms. The Morgan fingerprint density at radius 3 is 2.56 bits per heavy atom. The van der Waals surface area contributed by atoms with Gasteiger partial charge >= 0.3 is 0 Å². The molecule has 9 heavy (non-hydrogen) atoms. The molecule has 2 N–H and O–H groups in total. The molecule has 0 saturated carbocycles. The highest BCUT2D eigenvalue weighted by Crippen LogP contribution is 2.06. The second-order valence-electron chi connectivity index (χ2n) is 1.78. The zero-order valence-electron chi connectivity index (χ0n) is 5.00. The van der Waals surface area contributed by atoms with Gasteiger partial charge in [-0.3, -0.25) is 0 Å². The molecule has 1 aromatic rings. The Kier molecular flexibility index (Phi) is 1.30. The molecule has 0 aliphatic heterocycles. The van der Waals surface area contributed by atoms with Crippen LogP contribution in [0.1, 0.15) is 0 Å². The molecule has 4 heteroatoms. The minimum atomic E-state index is -0.116. The highest BCUT2D eigenvalue weighted by Gasteiger charge is 1.98. The van der Waals surface area contributed by atoms with E-state index in [9.17, 15) is 0 Å². The van der Waals surface area contributed by atoms with E-state index in [1.165, 1.54) is 12.3 Å². The van der Waals surface area contributed by atoms with Crippen LogP contribution in [0.2, 0.25) is 0 Å². The van der Waals surface area contributed by atoms with Crippen molar-refractivity contribution in [1.29, 1.82) is 0 Å². The molecule has 0 aromatic carbocycles. The van der Waals surface area contributed by atoms with Crippen LogP contribution in [0.3, 0.4) is 0 Å². The summed E-state index contributed by atoms with van der Waals surface area (Å²) < 4.78 is 0. The molecule has 0 atom stereocenters. The van der Waals surface area contributed by atoms with Crippen LogP contribution < -0.4 is 5.46 Å². The highest BCUT2D eigenvalue weighted by atomic mass is 16.3.